The van der Waals surface area contributed by atoms with Gasteiger partial charge in [0.25, 0.3) is 0 Å². The molecule has 0 aromatic heterocycles. The molecule has 2 saturated carbocycles. The largest absolute Gasteiger partial charge is 0.461 e. The fourth-order valence-corrected chi connectivity index (χ4v) is 8.23. The average Bonchev–Trinajstić information content (AvgIpc) is 3.21. The second-order valence-corrected chi connectivity index (χ2v) is 11.9. The van der Waals surface area contributed by atoms with Gasteiger partial charge in [0.2, 0.25) is 11.8 Å². The fraction of sp³-hybridized carbons (Fsp3) is 0.700. The number of amides is 2. The number of rotatable bonds is 8. The number of imide groups is 1. The van der Waals surface area contributed by atoms with E-state index in [1.54, 1.807) is 52.5 Å². The van der Waals surface area contributed by atoms with Gasteiger partial charge in [-0.2, -0.15) is 0 Å². The van der Waals surface area contributed by atoms with Gasteiger partial charge in [-0.1, -0.05) is 32.4 Å². The van der Waals surface area contributed by atoms with E-state index in [1.165, 1.54) is 0 Å². The average molecular weight is 543 g/mol. The molecule has 3 unspecified atom stereocenters. The van der Waals surface area contributed by atoms with E-state index in [0.717, 1.165) is 56.5 Å². The minimum atomic E-state index is -0.600. The summed E-state index contributed by atoms with van der Waals surface area (Å²) in [6.45, 7) is 5.72. The van der Waals surface area contributed by atoms with Gasteiger partial charge in [0.05, 0.1) is 17.4 Å². The number of likely N-dealkylation sites (tertiary alicyclic amines) is 1. The third-order valence-corrected chi connectivity index (χ3v) is 10.1. The van der Waals surface area contributed by atoms with Crippen LogP contribution in [-0.2, 0) is 28.5 Å². The summed E-state index contributed by atoms with van der Waals surface area (Å²) in [5, 5.41) is 0. The first-order valence-electron chi connectivity index (χ1n) is 14.2. The van der Waals surface area contributed by atoms with Crippen LogP contribution in [0.15, 0.2) is 24.3 Å². The molecule has 1 aromatic rings. The Morgan fingerprint density at radius 1 is 1.05 bits per heavy atom. The fourth-order valence-electron chi connectivity index (χ4n) is 8.23. The minimum absolute atomic E-state index is 0.0797. The molecule has 9 nitrogen and oxygen atoms in total. The molecule has 4 fully saturated rings. The minimum Gasteiger partial charge on any atom is -0.461 e. The van der Waals surface area contributed by atoms with Crippen molar-refractivity contribution < 1.29 is 33.3 Å². The highest BCUT2D eigenvalue weighted by molar-refractivity contribution is 6.22. The van der Waals surface area contributed by atoms with Gasteiger partial charge < -0.3 is 18.9 Å². The molecule has 0 radical (unpaired) electrons. The van der Waals surface area contributed by atoms with Crippen molar-refractivity contribution in [3.8, 4) is 0 Å². The number of ether oxygens (including phenoxy) is 4. The molecule has 1 spiro atoms. The summed E-state index contributed by atoms with van der Waals surface area (Å²) in [6, 6.07) is 6.95. The first-order valence-corrected chi connectivity index (χ1v) is 14.2. The lowest BCUT2D eigenvalue weighted by molar-refractivity contribution is -0.293. The summed E-state index contributed by atoms with van der Waals surface area (Å²) in [5.74, 6) is -2.11. The number of fused-ring (bicyclic) bond motifs is 1. The Morgan fingerprint density at radius 3 is 2.44 bits per heavy atom. The van der Waals surface area contributed by atoms with Crippen molar-refractivity contribution in [2.75, 3.05) is 45.9 Å². The van der Waals surface area contributed by atoms with Gasteiger partial charge in [-0.05, 0) is 37.9 Å². The van der Waals surface area contributed by atoms with Crippen LogP contribution >= 0.6 is 0 Å². The van der Waals surface area contributed by atoms with Gasteiger partial charge in [0.15, 0.2) is 5.79 Å². The maximum absolute atomic E-state index is 13.5. The zero-order valence-corrected chi connectivity index (χ0v) is 23.9. The standard InChI is InChI=1S/C30H42N2O7/c1-6-31-18-28(12-9-13-29(27(28)36-3)14-15-30(37-4,38-5)17-23(29)31)19-39-26(35)21-10-7-8-11-22(21)32-24(33)16-20(2)25(32)34/h7-8,10-11,20,23,27H,6,9,12-19H2,1-5H3/t20?,23-,27-,28?,29?/m1/s1. The van der Waals surface area contributed by atoms with E-state index in [2.05, 4.69) is 11.8 Å². The number of methoxy groups -OCH3 is 3. The van der Waals surface area contributed by atoms with Gasteiger partial charge in [-0.25, -0.2) is 9.69 Å². The highest BCUT2D eigenvalue weighted by atomic mass is 16.7. The zero-order chi connectivity index (χ0) is 28.0. The Bertz CT molecular complexity index is 1120. The number of para-hydroxylation sites is 1. The molecule has 2 heterocycles. The number of hydrogen-bond donors (Lipinski definition) is 0. The number of carbonyl (C=O) groups is 3. The van der Waals surface area contributed by atoms with Gasteiger partial charge in [-0.15, -0.1) is 0 Å². The molecule has 5 rings (SSSR count). The summed E-state index contributed by atoms with van der Waals surface area (Å²) in [4.78, 5) is 42.5. The molecule has 4 aliphatic rings. The number of esters is 1. The van der Waals surface area contributed by atoms with E-state index in [0.29, 0.717) is 5.69 Å². The lowest BCUT2D eigenvalue weighted by atomic mass is 9.49. The quantitative estimate of drug-likeness (QED) is 0.278. The van der Waals surface area contributed by atoms with Crippen molar-refractivity contribution in [2.24, 2.45) is 16.7 Å². The highest BCUT2D eigenvalue weighted by Gasteiger charge is 2.66. The molecule has 2 amide bonds. The molecule has 0 N–H and O–H groups in total. The van der Waals surface area contributed by atoms with Crippen LogP contribution in [0.25, 0.3) is 0 Å². The maximum Gasteiger partial charge on any atom is 0.340 e. The van der Waals surface area contributed by atoms with Gasteiger partial charge in [0.1, 0.15) is 6.61 Å². The third-order valence-electron chi connectivity index (χ3n) is 10.1. The van der Waals surface area contributed by atoms with Crippen molar-refractivity contribution in [3.05, 3.63) is 29.8 Å². The number of nitrogens with zero attached hydrogens (tertiary/aromatic N) is 2. The number of benzene rings is 1. The maximum atomic E-state index is 13.5. The highest BCUT2D eigenvalue weighted by Crippen LogP contribution is 2.61. The molecule has 39 heavy (non-hydrogen) atoms. The summed E-state index contributed by atoms with van der Waals surface area (Å²) in [5.41, 5.74) is 0.0756. The Hall–Kier alpha value is -2.33. The van der Waals surface area contributed by atoms with Crippen LogP contribution in [-0.4, -0.2) is 81.6 Å². The van der Waals surface area contributed by atoms with E-state index < -0.39 is 17.7 Å². The molecule has 214 valence electrons. The smallest absolute Gasteiger partial charge is 0.340 e. The van der Waals surface area contributed by atoms with E-state index in [1.807, 2.05) is 0 Å². The molecule has 2 aliphatic heterocycles. The molecular formula is C30H42N2O7. The molecular weight excluding hydrogens is 500 g/mol. The number of anilines is 1. The van der Waals surface area contributed by atoms with Crippen LogP contribution in [0, 0.1) is 16.7 Å². The molecule has 2 saturated heterocycles. The second kappa shape index (κ2) is 10.6. The van der Waals surface area contributed by atoms with Gasteiger partial charge >= 0.3 is 5.97 Å². The van der Waals surface area contributed by atoms with Crippen molar-refractivity contribution in [1.82, 2.24) is 4.90 Å². The van der Waals surface area contributed by atoms with Gasteiger partial charge in [0, 0.05) is 69.9 Å². The first kappa shape index (κ1) is 28.2. The van der Waals surface area contributed by atoms with Crippen molar-refractivity contribution in [3.63, 3.8) is 0 Å². The first-order chi connectivity index (χ1) is 18.7. The third kappa shape index (κ3) is 4.42. The normalized spacial score (nSPS) is 34.2. The second-order valence-electron chi connectivity index (χ2n) is 11.9. The Morgan fingerprint density at radius 2 is 1.79 bits per heavy atom. The molecule has 5 atom stereocenters. The predicted octanol–water partition coefficient (Wildman–Crippen LogP) is 3.79. The van der Waals surface area contributed by atoms with Crippen LogP contribution in [0.5, 0.6) is 0 Å². The topological polar surface area (TPSA) is 94.6 Å². The van der Waals surface area contributed by atoms with Crippen molar-refractivity contribution >= 4 is 23.5 Å². The summed E-state index contributed by atoms with van der Waals surface area (Å²) in [6.07, 6.45) is 5.50. The number of piperidine rings is 1. The SMILES string of the molecule is CCN1CC2(COC(=O)c3ccccc3N3C(=O)CC(C)C3=O)CCCC3(CCC(OC)(OC)C[C@@H]13)[C@@H]2OC. The van der Waals surface area contributed by atoms with Crippen LogP contribution in [0.1, 0.15) is 69.2 Å². The summed E-state index contributed by atoms with van der Waals surface area (Å²) in [7, 11) is 5.23. The van der Waals surface area contributed by atoms with Crippen LogP contribution in [0.2, 0.25) is 0 Å². The molecule has 1 aromatic carbocycles. The molecule has 9 heteroatoms. The van der Waals surface area contributed by atoms with E-state index in [-0.39, 0.29) is 53.4 Å². The number of hydrogen-bond acceptors (Lipinski definition) is 8. The van der Waals surface area contributed by atoms with E-state index in [4.69, 9.17) is 18.9 Å². The predicted molar refractivity (Wildman–Crippen MR) is 144 cm³/mol. The van der Waals surface area contributed by atoms with Gasteiger partial charge in [-0.3, -0.25) is 14.5 Å². The van der Waals surface area contributed by atoms with Crippen molar-refractivity contribution in [1.29, 1.82) is 0 Å². The molecule has 2 bridgehead atoms. The lowest BCUT2D eigenvalue weighted by Crippen LogP contribution is -2.73. The van der Waals surface area contributed by atoms with Crippen LogP contribution in [0.3, 0.4) is 0 Å². The van der Waals surface area contributed by atoms with Crippen LogP contribution < -0.4 is 4.90 Å². The number of carbonyl (C=O) groups excluding carboxylic acids is 3. The lowest BCUT2D eigenvalue weighted by Gasteiger charge is -2.67. The van der Waals surface area contributed by atoms with E-state index in [9.17, 15) is 14.4 Å². The summed E-state index contributed by atoms with van der Waals surface area (Å²) < 4.78 is 24.2. The zero-order valence-electron chi connectivity index (χ0n) is 23.9. The van der Waals surface area contributed by atoms with E-state index >= 15 is 0 Å². The Balaban J connectivity index is 1.42. The Kier molecular flexibility index (Phi) is 7.65. The monoisotopic (exact) mass is 542 g/mol. The van der Waals surface area contributed by atoms with Crippen LogP contribution in [0.4, 0.5) is 5.69 Å². The summed E-state index contributed by atoms with van der Waals surface area (Å²) >= 11 is 0. The Labute approximate surface area is 231 Å². The van der Waals surface area contributed by atoms with Crippen molar-refractivity contribution in [2.45, 2.75) is 76.7 Å². The molecule has 2 aliphatic carbocycles.